The van der Waals surface area contributed by atoms with Gasteiger partial charge in [-0.25, -0.2) is 4.68 Å². The van der Waals surface area contributed by atoms with Gasteiger partial charge >= 0.3 is 0 Å². The molecular formula is C25H28N4O6. The predicted octanol–water partition coefficient (Wildman–Crippen LogP) is 3.55. The third kappa shape index (κ3) is 4.65. The van der Waals surface area contributed by atoms with Crippen LogP contribution in [-0.4, -0.2) is 50.0 Å². The van der Waals surface area contributed by atoms with Crippen LogP contribution in [-0.2, 0) is 20.9 Å². The number of nitrogens with one attached hydrogen (secondary N) is 2. The van der Waals surface area contributed by atoms with E-state index in [-0.39, 0.29) is 24.8 Å². The first kappa shape index (κ1) is 24.1. The first-order chi connectivity index (χ1) is 16.9. The summed E-state index contributed by atoms with van der Waals surface area (Å²) in [6.45, 7) is 2.27. The Labute approximate surface area is 203 Å². The van der Waals surface area contributed by atoms with Gasteiger partial charge < -0.3 is 29.6 Å². The van der Waals surface area contributed by atoms with Crippen molar-refractivity contribution in [3.63, 3.8) is 0 Å². The minimum Gasteiger partial charge on any atom is -0.493 e. The van der Waals surface area contributed by atoms with E-state index < -0.39 is 6.04 Å². The van der Waals surface area contributed by atoms with Gasteiger partial charge in [-0.15, -0.1) is 0 Å². The molecule has 0 saturated heterocycles. The SMILES string of the molecule is COCc1nn2c(c1-c1ccc(C)cc1)NC(=O)C2CC(=O)Nc1cc(OC)c(OC)c(OC)c1. The number of hydrogen-bond donors (Lipinski definition) is 2. The molecule has 1 aromatic heterocycles. The molecule has 10 heteroatoms. The molecule has 0 fully saturated rings. The van der Waals surface area contributed by atoms with Crippen LogP contribution in [0.2, 0.25) is 0 Å². The zero-order valence-electron chi connectivity index (χ0n) is 20.3. The summed E-state index contributed by atoms with van der Waals surface area (Å²) in [6, 6.07) is 10.4. The lowest BCUT2D eigenvalue weighted by Gasteiger charge is -2.15. The molecule has 1 aliphatic rings. The summed E-state index contributed by atoms with van der Waals surface area (Å²) < 4.78 is 22.9. The minimum absolute atomic E-state index is 0.114. The monoisotopic (exact) mass is 480 g/mol. The molecule has 0 aliphatic carbocycles. The summed E-state index contributed by atoms with van der Waals surface area (Å²) in [7, 11) is 6.08. The Kier molecular flexibility index (Phi) is 6.92. The number of carbonyl (C=O) groups is 2. The number of carbonyl (C=O) groups excluding carboxylic acids is 2. The van der Waals surface area contributed by atoms with Gasteiger partial charge in [0.25, 0.3) is 5.91 Å². The van der Waals surface area contributed by atoms with E-state index in [1.54, 1.807) is 23.9 Å². The van der Waals surface area contributed by atoms with Gasteiger partial charge in [0.1, 0.15) is 11.9 Å². The van der Waals surface area contributed by atoms with Crippen LogP contribution in [0.3, 0.4) is 0 Å². The van der Waals surface area contributed by atoms with Crippen molar-refractivity contribution in [3.05, 3.63) is 47.7 Å². The zero-order chi connectivity index (χ0) is 25.1. The Bertz CT molecular complexity index is 1230. The van der Waals surface area contributed by atoms with Crippen LogP contribution < -0.4 is 24.8 Å². The first-order valence-electron chi connectivity index (χ1n) is 11.0. The summed E-state index contributed by atoms with van der Waals surface area (Å²) in [4.78, 5) is 25.8. The second-order valence-corrected chi connectivity index (χ2v) is 8.09. The summed E-state index contributed by atoms with van der Waals surface area (Å²) in [5.74, 6) is 1.11. The van der Waals surface area contributed by atoms with Gasteiger partial charge in [-0.3, -0.25) is 9.59 Å². The molecule has 2 N–H and O–H groups in total. The molecule has 3 aromatic rings. The van der Waals surface area contributed by atoms with Crippen LogP contribution in [0.5, 0.6) is 17.2 Å². The first-order valence-corrected chi connectivity index (χ1v) is 11.0. The fourth-order valence-electron chi connectivity index (χ4n) is 4.12. The number of ether oxygens (including phenoxy) is 4. The summed E-state index contributed by atoms with van der Waals surface area (Å²) in [5, 5.41) is 10.3. The number of methoxy groups -OCH3 is 4. The number of anilines is 2. The molecule has 1 atom stereocenters. The minimum atomic E-state index is -0.804. The van der Waals surface area contributed by atoms with Gasteiger partial charge in [0.2, 0.25) is 11.7 Å². The van der Waals surface area contributed by atoms with E-state index in [4.69, 9.17) is 18.9 Å². The van der Waals surface area contributed by atoms with Gasteiger partial charge in [0.15, 0.2) is 11.5 Å². The van der Waals surface area contributed by atoms with Gasteiger partial charge in [-0.05, 0) is 12.5 Å². The molecule has 0 spiro atoms. The average molecular weight is 481 g/mol. The molecular weight excluding hydrogens is 452 g/mol. The molecule has 2 aromatic carbocycles. The maximum atomic E-state index is 12.9. The number of benzene rings is 2. The van der Waals surface area contributed by atoms with E-state index in [0.29, 0.717) is 34.4 Å². The van der Waals surface area contributed by atoms with Crippen LogP contribution in [0, 0.1) is 6.92 Å². The Morgan fingerprint density at radius 1 is 1.06 bits per heavy atom. The van der Waals surface area contributed by atoms with Crippen LogP contribution in [0.1, 0.15) is 23.7 Å². The van der Waals surface area contributed by atoms with Crippen molar-refractivity contribution in [3.8, 4) is 28.4 Å². The molecule has 0 saturated carbocycles. The third-order valence-electron chi connectivity index (χ3n) is 5.77. The highest BCUT2D eigenvalue weighted by molar-refractivity contribution is 6.04. The molecule has 1 aliphatic heterocycles. The predicted molar refractivity (Wildman–Crippen MR) is 130 cm³/mol. The highest BCUT2D eigenvalue weighted by Crippen LogP contribution is 2.41. The van der Waals surface area contributed by atoms with Gasteiger partial charge in [0, 0.05) is 30.5 Å². The van der Waals surface area contributed by atoms with Gasteiger partial charge in [-0.1, -0.05) is 29.8 Å². The molecule has 0 radical (unpaired) electrons. The second kappa shape index (κ2) is 10.1. The maximum absolute atomic E-state index is 12.9. The number of fused-ring (bicyclic) bond motifs is 1. The van der Waals surface area contributed by atoms with Crippen molar-refractivity contribution in [1.29, 1.82) is 0 Å². The van der Waals surface area contributed by atoms with Crippen LogP contribution in [0.4, 0.5) is 11.5 Å². The Morgan fingerprint density at radius 3 is 2.29 bits per heavy atom. The number of hydrogen-bond acceptors (Lipinski definition) is 7. The van der Waals surface area contributed by atoms with Crippen molar-refractivity contribution >= 4 is 23.3 Å². The van der Waals surface area contributed by atoms with Crippen LogP contribution >= 0.6 is 0 Å². The average Bonchev–Trinajstić information content (AvgIpc) is 3.33. The molecule has 2 amide bonds. The normalized spacial score (nSPS) is 14.3. The molecule has 184 valence electrons. The number of nitrogens with zero attached hydrogens (tertiary/aromatic N) is 2. The van der Waals surface area contributed by atoms with Crippen LogP contribution in [0.15, 0.2) is 36.4 Å². The van der Waals surface area contributed by atoms with Crippen LogP contribution in [0.25, 0.3) is 11.1 Å². The number of aryl methyl sites for hydroxylation is 1. The van der Waals surface area contributed by atoms with E-state index in [9.17, 15) is 9.59 Å². The fourth-order valence-corrected chi connectivity index (χ4v) is 4.12. The number of amides is 2. The van der Waals surface area contributed by atoms with E-state index in [1.807, 2.05) is 31.2 Å². The Morgan fingerprint density at radius 2 is 1.71 bits per heavy atom. The lowest BCUT2D eigenvalue weighted by atomic mass is 10.0. The van der Waals surface area contributed by atoms with Gasteiger partial charge in [-0.2, -0.15) is 5.10 Å². The Hall–Kier alpha value is -4.05. The van der Waals surface area contributed by atoms with Crippen molar-refractivity contribution < 1.29 is 28.5 Å². The topological polar surface area (TPSA) is 113 Å². The Balaban J connectivity index is 1.60. The number of rotatable bonds is 9. The standard InChI is InChI=1S/C25H28N4O6/c1-14-6-8-15(9-7-14)22-17(13-32-2)28-29-18(25(31)27-24(22)29)12-21(30)26-16-10-19(33-3)23(35-5)20(11-16)34-4/h6-11,18H,12-13H2,1-5H3,(H,26,30)(H,27,31). The van der Waals surface area contributed by atoms with Crippen molar-refractivity contribution in [2.75, 3.05) is 39.1 Å². The molecule has 35 heavy (non-hydrogen) atoms. The molecule has 10 nitrogen and oxygen atoms in total. The zero-order valence-corrected chi connectivity index (χ0v) is 20.3. The quantitative estimate of drug-likeness (QED) is 0.482. The number of aromatic nitrogens is 2. The molecule has 2 heterocycles. The van der Waals surface area contributed by atoms with E-state index >= 15 is 0 Å². The van der Waals surface area contributed by atoms with E-state index in [1.165, 1.54) is 21.3 Å². The highest BCUT2D eigenvalue weighted by Gasteiger charge is 2.37. The van der Waals surface area contributed by atoms with Crippen molar-refractivity contribution in [1.82, 2.24) is 9.78 Å². The highest BCUT2D eigenvalue weighted by atomic mass is 16.5. The van der Waals surface area contributed by atoms with Gasteiger partial charge in [0.05, 0.1) is 40.1 Å². The van der Waals surface area contributed by atoms with E-state index in [0.717, 1.165) is 16.7 Å². The molecule has 4 rings (SSSR count). The summed E-state index contributed by atoms with van der Waals surface area (Å²) in [6.07, 6.45) is -0.114. The summed E-state index contributed by atoms with van der Waals surface area (Å²) >= 11 is 0. The van der Waals surface area contributed by atoms with E-state index in [2.05, 4.69) is 15.7 Å². The second-order valence-electron chi connectivity index (χ2n) is 8.09. The molecule has 0 bridgehead atoms. The van der Waals surface area contributed by atoms with Crippen molar-refractivity contribution in [2.24, 2.45) is 0 Å². The van der Waals surface area contributed by atoms with Crippen molar-refractivity contribution in [2.45, 2.75) is 26.0 Å². The fraction of sp³-hybridized carbons (Fsp3) is 0.320. The summed E-state index contributed by atoms with van der Waals surface area (Å²) in [5.41, 5.74) is 3.95. The smallest absolute Gasteiger partial charge is 0.251 e. The molecule has 1 unspecified atom stereocenters. The third-order valence-corrected chi connectivity index (χ3v) is 5.77. The lowest BCUT2D eigenvalue weighted by Crippen LogP contribution is -2.24. The largest absolute Gasteiger partial charge is 0.493 e. The lowest BCUT2D eigenvalue weighted by molar-refractivity contribution is -0.123. The maximum Gasteiger partial charge on any atom is 0.251 e.